The Morgan fingerprint density at radius 3 is 2.67 bits per heavy atom. The van der Waals surface area contributed by atoms with Crippen LogP contribution < -0.4 is 10.9 Å². The fourth-order valence-corrected chi connectivity index (χ4v) is 2.48. The number of hydrogen-bond donors (Lipinski definition) is 1. The lowest BCUT2D eigenvalue weighted by atomic mass is 10.1. The van der Waals surface area contributed by atoms with Gasteiger partial charge in [0.1, 0.15) is 5.82 Å². The summed E-state index contributed by atoms with van der Waals surface area (Å²) in [7, 11) is 0. The summed E-state index contributed by atoms with van der Waals surface area (Å²) in [6.07, 6.45) is 2.20. The molecule has 0 unspecified atom stereocenters. The summed E-state index contributed by atoms with van der Waals surface area (Å²) in [6.45, 7) is 1.57. The van der Waals surface area contributed by atoms with Gasteiger partial charge in [0.25, 0.3) is 5.56 Å². The predicted molar refractivity (Wildman–Crippen MR) is 82.2 cm³/mol. The van der Waals surface area contributed by atoms with Crippen LogP contribution in [0.15, 0.2) is 41.2 Å². The van der Waals surface area contributed by atoms with Crippen LogP contribution in [-0.4, -0.2) is 22.4 Å². The minimum absolute atomic E-state index is 0. The summed E-state index contributed by atoms with van der Waals surface area (Å²) >= 11 is 0. The number of halogens is 2. The SMILES string of the molecule is Cl.O=c1ccc(-c2ccc(F)cc2)nn1C[C@@H]1CCCN1. The molecular weight excluding hydrogens is 293 g/mol. The Kier molecular flexibility index (Phi) is 5.09. The third kappa shape index (κ3) is 3.68. The first kappa shape index (κ1) is 15.7. The first-order valence-electron chi connectivity index (χ1n) is 6.80. The maximum Gasteiger partial charge on any atom is 0.266 e. The molecule has 1 aromatic carbocycles. The highest BCUT2D eigenvalue weighted by Crippen LogP contribution is 2.16. The van der Waals surface area contributed by atoms with Gasteiger partial charge in [-0.25, -0.2) is 9.07 Å². The first-order chi connectivity index (χ1) is 9.72. The Morgan fingerprint density at radius 2 is 2.00 bits per heavy atom. The largest absolute Gasteiger partial charge is 0.312 e. The summed E-state index contributed by atoms with van der Waals surface area (Å²) in [5.74, 6) is -0.280. The smallest absolute Gasteiger partial charge is 0.266 e. The quantitative estimate of drug-likeness (QED) is 0.946. The molecule has 0 bridgehead atoms. The zero-order valence-electron chi connectivity index (χ0n) is 11.5. The highest BCUT2D eigenvalue weighted by Gasteiger charge is 2.15. The van der Waals surface area contributed by atoms with Crippen molar-refractivity contribution in [2.75, 3.05) is 6.54 Å². The van der Waals surface area contributed by atoms with E-state index in [0.717, 1.165) is 24.9 Å². The van der Waals surface area contributed by atoms with E-state index in [1.807, 2.05) is 0 Å². The second-order valence-electron chi connectivity index (χ2n) is 5.04. The van der Waals surface area contributed by atoms with E-state index in [1.54, 1.807) is 18.2 Å². The molecule has 0 radical (unpaired) electrons. The topological polar surface area (TPSA) is 46.9 Å². The number of benzene rings is 1. The molecule has 0 aliphatic carbocycles. The van der Waals surface area contributed by atoms with E-state index in [1.165, 1.54) is 22.9 Å². The molecule has 0 amide bonds. The van der Waals surface area contributed by atoms with Crippen molar-refractivity contribution in [3.63, 3.8) is 0 Å². The summed E-state index contributed by atoms with van der Waals surface area (Å²) < 4.78 is 14.4. The number of aromatic nitrogens is 2. The number of nitrogens with zero attached hydrogens (tertiary/aromatic N) is 2. The van der Waals surface area contributed by atoms with Crippen molar-refractivity contribution in [3.8, 4) is 11.3 Å². The Labute approximate surface area is 128 Å². The first-order valence-corrected chi connectivity index (χ1v) is 6.80. The molecule has 0 saturated carbocycles. The van der Waals surface area contributed by atoms with E-state index in [9.17, 15) is 9.18 Å². The number of hydrogen-bond acceptors (Lipinski definition) is 3. The lowest BCUT2D eigenvalue weighted by molar-refractivity contribution is 0.460. The van der Waals surface area contributed by atoms with Crippen LogP contribution in [0.3, 0.4) is 0 Å². The van der Waals surface area contributed by atoms with Crippen LogP contribution in [0, 0.1) is 5.82 Å². The fraction of sp³-hybridized carbons (Fsp3) is 0.333. The maximum absolute atomic E-state index is 12.9. The summed E-state index contributed by atoms with van der Waals surface area (Å²) in [5.41, 5.74) is 1.38. The lowest BCUT2D eigenvalue weighted by Crippen LogP contribution is -2.33. The van der Waals surface area contributed by atoms with E-state index in [-0.39, 0.29) is 23.8 Å². The Bertz CT molecular complexity index is 651. The van der Waals surface area contributed by atoms with Gasteiger partial charge in [-0.2, -0.15) is 5.10 Å². The van der Waals surface area contributed by atoms with Crippen molar-refractivity contribution in [1.29, 1.82) is 0 Å². The van der Waals surface area contributed by atoms with Crippen molar-refractivity contribution in [1.82, 2.24) is 15.1 Å². The average molecular weight is 310 g/mol. The van der Waals surface area contributed by atoms with Gasteiger partial charge in [0.05, 0.1) is 12.2 Å². The van der Waals surface area contributed by atoms with Crippen molar-refractivity contribution in [2.24, 2.45) is 0 Å². The molecule has 4 nitrogen and oxygen atoms in total. The monoisotopic (exact) mass is 309 g/mol. The van der Waals surface area contributed by atoms with Gasteiger partial charge in [0.15, 0.2) is 0 Å². The van der Waals surface area contributed by atoms with Crippen molar-refractivity contribution in [3.05, 3.63) is 52.6 Å². The second-order valence-corrected chi connectivity index (χ2v) is 5.04. The zero-order valence-corrected chi connectivity index (χ0v) is 12.3. The highest BCUT2D eigenvalue weighted by atomic mass is 35.5. The molecular formula is C15H17ClFN3O. The Hall–Kier alpha value is -1.72. The molecule has 3 rings (SSSR count). The number of rotatable bonds is 3. The molecule has 1 saturated heterocycles. The van der Waals surface area contributed by atoms with Gasteiger partial charge >= 0.3 is 0 Å². The van der Waals surface area contributed by atoms with Crippen LogP contribution >= 0.6 is 12.4 Å². The summed E-state index contributed by atoms with van der Waals surface area (Å²) in [6, 6.07) is 9.62. The molecule has 1 aliphatic rings. The minimum atomic E-state index is -0.280. The highest BCUT2D eigenvalue weighted by molar-refractivity contribution is 5.85. The van der Waals surface area contributed by atoms with Gasteiger partial charge in [-0.1, -0.05) is 0 Å². The number of nitrogens with one attached hydrogen (secondary N) is 1. The second kappa shape index (κ2) is 6.83. The molecule has 0 spiro atoms. The fourth-order valence-electron chi connectivity index (χ4n) is 2.48. The molecule has 21 heavy (non-hydrogen) atoms. The van der Waals surface area contributed by atoms with Gasteiger partial charge in [-0.3, -0.25) is 4.79 Å². The van der Waals surface area contributed by atoms with E-state index in [2.05, 4.69) is 10.4 Å². The van der Waals surface area contributed by atoms with Crippen LogP contribution in [0.5, 0.6) is 0 Å². The van der Waals surface area contributed by atoms with E-state index >= 15 is 0 Å². The van der Waals surface area contributed by atoms with Crippen molar-refractivity contribution >= 4 is 12.4 Å². The van der Waals surface area contributed by atoms with Crippen molar-refractivity contribution in [2.45, 2.75) is 25.4 Å². The van der Waals surface area contributed by atoms with Crippen LogP contribution in [-0.2, 0) is 6.54 Å². The molecule has 1 aromatic heterocycles. The lowest BCUT2D eigenvalue weighted by Gasteiger charge is -2.12. The summed E-state index contributed by atoms with van der Waals surface area (Å²) in [5, 5.41) is 7.73. The normalized spacial score (nSPS) is 17.5. The predicted octanol–water partition coefficient (Wildman–Crippen LogP) is 2.22. The van der Waals surface area contributed by atoms with Crippen LogP contribution in [0.4, 0.5) is 4.39 Å². The van der Waals surface area contributed by atoms with E-state index in [0.29, 0.717) is 18.3 Å². The van der Waals surface area contributed by atoms with Crippen LogP contribution in [0.2, 0.25) is 0 Å². The van der Waals surface area contributed by atoms with E-state index in [4.69, 9.17) is 0 Å². The Balaban J connectivity index is 0.00000161. The molecule has 2 heterocycles. The van der Waals surface area contributed by atoms with Gasteiger partial charge in [-0.15, -0.1) is 12.4 Å². The van der Waals surface area contributed by atoms with Gasteiger partial charge < -0.3 is 5.32 Å². The molecule has 1 aliphatic heterocycles. The molecule has 2 aromatic rings. The van der Waals surface area contributed by atoms with Gasteiger partial charge in [0, 0.05) is 17.7 Å². The summed E-state index contributed by atoms with van der Waals surface area (Å²) in [4.78, 5) is 11.9. The van der Waals surface area contributed by atoms with E-state index < -0.39 is 0 Å². The van der Waals surface area contributed by atoms with Gasteiger partial charge in [-0.05, 0) is 49.7 Å². The molecule has 1 fully saturated rings. The third-order valence-corrected chi connectivity index (χ3v) is 3.56. The zero-order chi connectivity index (χ0) is 13.9. The third-order valence-electron chi connectivity index (χ3n) is 3.56. The minimum Gasteiger partial charge on any atom is -0.312 e. The molecule has 1 atom stereocenters. The molecule has 6 heteroatoms. The molecule has 1 N–H and O–H groups in total. The Morgan fingerprint density at radius 1 is 1.24 bits per heavy atom. The van der Waals surface area contributed by atoms with Crippen LogP contribution in [0.25, 0.3) is 11.3 Å². The average Bonchev–Trinajstić information content (AvgIpc) is 2.95. The standard InChI is InChI=1S/C15H16FN3O.ClH/c16-12-5-3-11(4-6-12)14-7-8-15(20)19(18-14)10-13-2-1-9-17-13;/h3-8,13,17H,1-2,9-10H2;1H/t13-;/m0./s1. The van der Waals surface area contributed by atoms with Crippen molar-refractivity contribution < 1.29 is 4.39 Å². The maximum atomic E-state index is 12.9. The van der Waals surface area contributed by atoms with Gasteiger partial charge in [0.2, 0.25) is 0 Å². The van der Waals surface area contributed by atoms with Crippen LogP contribution in [0.1, 0.15) is 12.8 Å². The molecule has 112 valence electrons.